The van der Waals surface area contributed by atoms with Crippen LogP contribution < -0.4 is 5.73 Å². The molecule has 0 atom stereocenters. The Morgan fingerprint density at radius 3 is 2.55 bits per heavy atom. The quantitative estimate of drug-likeness (QED) is 0.297. The average Bonchev–Trinajstić information content (AvgIpc) is 1.97. The van der Waals surface area contributed by atoms with E-state index in [4.69, 9.17) is 17.3 Å². The van der Waals surface area contributed by atoms with Gasteiger partial charge in [-0.05, 0) is 12.8 Å². The number of hydrogen-bond acceptors (Lipinski definition) is 3. The second-order valence-electron chi connectivity index (χ2n) is 1.94. The number of urea groups is 1. The van der Waals surface area contributed by atoms with Crippen molar-refractivity contribution in [3.05, 3.63) is 4.91 Å². The van der Waals surface area contributed by atoms with Crippen molar-refractivity contribution in [3.63, 3.8) is 0 Å². The van der Waals surface area contributed by atoms with Gasteiger partial charge in [-0.25, -0.2) is 4.79 Å². The molecule has 0 fully saturated rings. The van der Waals surface area contributed by atoms with E-state index in [2.05, 4.69) is 5.29 Å². The lowest BCUT2D eigenvalue weighted by atomic mass is 10.3. The van der Waals surface area contributed by atoms with Crippen molar-refractivity contribution >= 4 is 17.6 Å². The van der Waals surface area contributed by atoms with Crippen LogP contribution in [0.2, 0.25) is 0 Å². The maximum absolute atomic E-state index is 10.3. The van der Waals surface area contributed by atoms with Gasteiger partial charge in [-0.3, -0.25) is 0 Å². The fourth-order valence-corrected chi connectivity index (χ4v) is 0.736. The molecule has 0 unspecified atom stereocenters. The van der Waals surface area contributed by atoms with E-state index in [1.807, 2.05) is 0 Å². The molecular formula is C5H10ClN3O2. The Bertz CT molecular complexity index is 142. The zero-order valence-corrected chi connectivity index (χ0v) is 6.75. The van der Waals surface area contributed by atoms with Crippen LogP contribution in [0, 0.1) is 4.91 Å². The second-order valence-corrected chi connectivity index (χ2v) is 2.32. The first kappa shape index (κ1) is 10.2. The Morgan fingerprint density at radius 2 is 2.18 bits per heavy atom. The number of primary amides is 1. The van der Waals surface area contributed by atoms with E-state index < -0.39 is 6.03 Å². The van der Waals surface area contributed by atoms with Gasteiger partial charge in [0.15, 0.2) is 0 Å². The molecule has 64 valence electrons. The van der Waals surface area contributed by atoms with Gasteiger partial charge in [-0.2, -0.15) is 5.01 Å². The Kier molecular flexibility index (Phi) is 5.46. The van der Waals surface area contributed by atoms with Crippen molar-refractivity contribution in [2.75, 3.05) is 12.4 Å². The molecule has 2 amide bonds. The van der Waals surface area contributed by atoms with Gasteiger partial charge in [0.2, 0.25) is 0 Å². The van der Waals surface area contributed by atoms with Crippen LogP contribution in [0.15, 0.2) is 5.29 Å². The summed E-state index contributed by atoms with van der Waals surface area (Å²) in [7, 11) is 0. The number of amides is 2. The van der Waals surface area contributed by atoms with E-state index in [9.17, 15) is 9.70 Å². The lowest BCUT2D eigenvalue weighted by Gasteiger charge is -2.08. The molecule has 0 spiro atoms. The third kappa shape index (κ3) is 4.55. The summed E-state index contributed by atoms with van der Waals surface area (Å²) in [6.45, 7) is 0.242. The molecule has 0 saturated carbocycles. The van der Waals surface area contributed by atoms with Crippen LogP contribution in [0.4, 0.5) is 4.79 Å². The number of unbranched alkanes of at least 4 members (excludes halogenated alkanes) is 1. The average molecular weight is 180 g/mol. The number of rotatable bonds is 5. The molecule has 0 radical (unpaired) electrons. The van der Waals surface area contributed by atoms with Crippen molar-refractivity contribution in [1.29, 1.82) is 0 Å². The van der Waals surface area contributed by atoms with E-state index in [1.165, 1.54) is 0 Å². The van der Waals surface area contributed by atoms with Crippen LogP contribution in [0.5, 0.6) is 0 Å². The fourth-order valence-electron chi connectivity index (χ4n) is 0.547. The highest BCUT2D eigenvalue weighted by Gasteiger charge is 2.07. The predicted molar refractivity (Wildman–Crippen MR) is 42.0 cm³/mol. The Labute approximate surface area is 69.4 Å². The normalized spacial score (nSPS) is 9.18. The molecule has 0 aliphatic carbocycles. The highest BCUT2D eigenvalue weighted by molar-refractivity contribution is 6.17. The molecule has 2 N–H and O–H groups in total. The van der Waals surface area contributed by atoms with Crippen molar-refractivity contribution in [2.24, 2.45) is 11.0 Å². The Balaban J connectivity index is 3.52. The summed E-state index contributed by atoms with van der Waals surface area (Å²) in [5.74, 6) is 0.505. The van der Waals surface area contributed by atoms with Gasteiger partial charge in [0.25, 0.3) is 0 Å². The van der Waals surface area contributed by atoms with Crippen molar-refractivity contribution in [3.8, 4) is 0 Å². The van der Waals surface area contributed by atoms with Gasteiger partial charge < -0.3 is 5.73 Å². The number of hydrogen-bond donors (Lipinski definition) is 1. The topological polar surface area (TPSA) is 75.8 Å². The van der Waals surface area contributed by atoms with E-state index in [-0.39, 0.29) is 6.54 Å². The third-order valence-electron chi connectivity index (χ3n) is 1.11. The number of nitrogens with two attached hydrogens (primary N) is 1. The summed E-state index contributed by atoms with van der Waals surface area (Å²) in [5, 5.41) is 3.10. The van der Waals surface area contributed by atoms with Crippen LogP contribution in [-0.2, 0) is 0 Å². The first-order valence-corrected chi connectivity index (χ1v) is 3.72. The van der Waals surface area contributed by atoms with Crippen LogP contribution in [-0.4, -0.2) is 23.5 Å². The lowest BCUT2D eigenvalue weighted by Crippen LogP contribution is -2.31. The molecule has 0 bridgehead atoms. The third-order valence-corrected chi connectivity index (χ3v) is 1.37. The summed E-state index contributed by atoms with van der Waals surface area (Å²) in [6, 6.07) is -0.824. The Hall–Kier alpha value is -0.840. The SMILES string of the molecule is NC(=O)N(CCCCCl)N=O. The van der Waals surface area contributed by atoms with Gasteiger partial charge in [0.05, 0.1) is 5.29 Å². The molecule has 0 rings (SSSR count). The molecular weight excluding hydrogens is 170 g/mol. The molecule has 0 aromatic rings. The number of nitrogens with zero attached hydrogens (tertiary/aromatic N) is 2. The summed E-state index contributed by atoms with van der Waals surface area (Å²) in [6.07, 6.45) is 1.37. The van der Waals surface area contributed by atoms with Crippen LogP contribution in [0.3, 0.4) is 0 Å². The first-order chi connectivity index (χ1) is 5.22. The van der Waals surface area contributed by atoms with E-state index >= 15 is 0 Å². The molecule has 0 aliphatic rings. The molecule has 0 aromatic heterocycles. The molecule has 5 nitrogen and oxygen atoms in total. The lowest BCUT2D eigenvalue weighted by molar-refractivity contribution is 0.208. The molecule has 0 saturated heterocycles. The number of alkyl halides is 1. The molecule has 11 heavy (non-hydrogen) atoms. The highest BCUT2D eigenvalue weighted by Crippen LogP contribution is 1.96. The van der Waals surface area contributed by atoms with Crippen LogP contribution >= 0.6 is 11.6 Å². The zero-order valence-electron chi connectivity index (χ0n) is 5.99. The molecule has 0 heterocycles. The Morgan fingerprint density at radius 1 is 1.55 bits per heavy atom. The minimum atomic E-state index is -0.824. The van der Waals surface area contributed by atoms with Gasteiger partial charge in [0, 0.05) is 12.4 Å². The minimum Gasteiger partial charge on any atom is -0.350 e. The largest absolute Gasteiger partial charge is 0.350 e. The van der Waals surface area contributed by atoms with Gasteiger partial charge in [-0.1, -0.05) is 0 Å². The van der Waals surface area contributed by atoms with E-state index in [1.54, 1.807) is 0 Å². The predicted octanol–water partition coefficient (Wildman–Crippen LogP) is 1.07. The maximum atomic E-state index is 10.3. The summed E-state index contributed by atoms with van der Waals surface area (Å²) < 4.78 is 0. The maximum Gasteiger partial charge on any atom is 0.337 e. The van der Waals surface area contributed by atoms with Crippen LogP contribution in [0.25, 0.3) is 0 Å². The van der Waals surface area contributed by atoms with Crippen molar-refractivity contribution in [1.82, 2.24) is 5.01 Å². The summed E-state index contributed by atoms with van der Waals surface area (Å²) in [5.41, 5.74) is 4.79. The zero-order chi connectivity index (χ0) is 8.69. The van der Waals surface area contributed by atoms with Crippen LogP contribution in [0.1, 0.15) is 12.8 Å². The summed E-state index contributed by atoms with van der Waals surface area (Å²) >= 11 is 5.36. The molecule has 0 aliphatic heterocycles. The van der Waals surface area contributed by atoms with E-state index in [0.717, 1.165) is 6.42 Å². The monoisotopic (exact) mass is 179 g/mol. The fraction of sp³-hybridized carbons (Fsp3) is 0.800. The number of carbonyl (C=O) groups is 1. The number of halogens is 1. The second kappa shape index (κ2) is 5.91. The summed E-state index contributed by atoms with van der Waals surface area (Å²) in [4.78, 5) is 20.2. The molecule has 6 heteroatoms. The molecule has 0 aromatic carbocycles. The van der Waals surface area contributed by atoms with E-state index in [0.29, 0.717) is 17.3 Å². The van der Waals surface area contributed by atoms with Gasteiger partial charge in [-0.15, -0.1) is 16.5 Å². The van der Waals surface area contributed by atoms with Gasteiger partial charge >= 0.3 is 6.03 Å². The minimum absolute atomic E-state index is 0.242. The number of nitroso groups, excluding NO2 is 1. The van der Waals surface area contributed by atoms with Crippen molar-refractivity contribution < 1.29 is 4.79 Å². The first-order valence-electron chi connectivity index (χ1n) is 3.18. The highest BCUT2D eigenvalue weighted by atomic mass is 35.5. The standard InChI is InChI=1S/C5H10ClN3O2/c6-3-1-2-4-9(8-11)5(7)10/h1-4H2,(H2,7,10). The smallest absolute Gasteiger partial charge is 0.337 e. The van der Waals surface area contributed by atoms with Gasteiger partial charge in [0.1, 0.15) is 0 Å². The number of carbonyl (C=O) groups excluding carboxylic acids is 1. The van der Waals surface area contributed by atoms with Crippen molar-refractivity contribution in [2.45, 2.75) is 12.8 Å².